The molecule has 0 saturated carbocycles. The van der Waals surface area contributed by atoms with E-state index >= 15 is 0 Å². The van der Waals surface area contributed by atoms with Gasteiger partial charge in [-0.25, -0.2) is 16.8 Å². The number of rotatable bonds is 54. The Labute approximate surface area is 507 Å². The molecule has 2 rings (SSSR count). The molecule has 9 heteroatoms. The molecule has 6 nitrogen and oxygen atoms in total. The Morgan fingerprint density at radius 3 is 0.560 bits per heavy atom. The van der Waals surface area contributed by atoms with Crippen LogP contribution >= 0.6 is 0 Å². The number of hydrogen-bond donors (Lipinski definition) is 0. The van der Waals surface area contributed by atoms with Crippen molar-refractivity contribution in [2.75, 3.05) is 0 Å². The van der Waals surface area contributed by atoms with Gasteiger partial charge in [-0.15, -0.1) is 0 Å². The average Bonchev–Trinajstić information content (AvgIpc) is 3.38. The summed E-state index contributed by atoms with van der Waals surface area (Å²) in [6, 6.07) is 13.3. The van der Waals surface area contributed by atoms with E-state index in [4.69, 9.17) is 0 Å². The van der Waals surface area contributed by atoms with E-state index in [0.717, 1.165) is 25.7 Å². The number of aryl methyl sites for hydroxylation is 2. The van der Waals surface area contributed by atoms with Gasteiger partial charge in [-0.3, -0.25) is 0 Å². The van der Waals surface area contributed by atoms with Crippen molar-refractivity contribution in [3.63, 3.8) is 0 Å². The van der Waals surface area contributed by atoms with Gasteiger partial charge in [-0.1, -0.05) is 358 Å². The first-order valence-corrected chi connectivity index (χ1v) is 35.0. The molecule has 2 aromatic carbocycles. The minimum Gasteiger partial charge on any atom is -0.744 e. The summed E-state index contributed by atoms with van der Waals surface area (Å²) in [6.45, 7) is 4.58. The molecule has 0 atom stereocenters. The Bertz CT molecular complexity index is 1590. The number of benzene rings is 2. The Balaban J connectivity index is 0.00000144. The first-order chi connectivity index (χ1) is 36.1. The minimum atomic E-state index is -4.36. The molecule has 432 valence electrons. The van der Waals surface area contributed by atoms with Crippen LogP contribution in [-0.4, -0.2) is 74.8 Å². The van der Waals surface area contributed by atoms with Crippen LogP contribution in [0.25, 0.3) is 0 Å². The standard InChI is InChI=1S/2C33H60O3S.Ba/c2*1-2-3-4-5-6-7-8-9-10-11-12-13-14-15-16-17-18-19-20-21-22-23-24-25-26-29-32-30-27-28-31-33(32)37(34,35)36;/h2*27-28,30-31H,2-26,29H2,1H3,(H,34,35,36);/q;;+2/p-2. The van der Waals surface area contributed by atoms with E-state index < -0.39 is 20.2 Å². The topological polar surface area (TPSA) is 114 Å². The molecular weight excluding hydrogens is 1090 g/mol. The third kappa shape index (κ3) is 49.4. The van der Waals surface area contributed by atoms with Crippen molar-refractivity contribution in [2.24, 2.45) is 0 Å². The van der Waals surface area contributed by atoms with Crippen LogP contribution in [0.15, 0.2) is 58.3 Å². The Morgan fingerprint density at radius 1 is 0.253 bits per heavy atom. The molecule has 0 aliphatic rings. The maximum absolute atomic E-state index is 11.3. The summed E-state index contributed by atoms with van der Waals surface area (Å²) in [6.07, 6.45) is 70.1. The maximum atomic E-state index is 11.3. The Hall–Kier alpha value is -0.169. The van der Waals surface area contributed by atoms with Gasteiger partial charge in [-0.2, -0.15) is 0 Å². The fourth-order valence-electron chi connectivity index (χ4n) is 10.8. The summed E-state index contributed by atoms with van der Waals surface area (Å²) in [5.41, 5.74) is 1.35. The molecule has 0 fully saturated rings. The van der Waals surface area contributed by atoms with Gasteiger partial charge in [0.2, 0.25) is 0 Å². The van der Waals surface area contributed by atoms with E-state index in [0.29, 0.717) is 24.0 Å². The summed E-state index contributed by atoms with van der Waals surface area (Å²) in [5, 5.41) is 0. The van der Waals surface area contributed by atoms with Gasteiger partial charge in [0.25, 0.3) is 0 Å². The van der Waals surface area contributed by atoms with Crippen LogP contribution in [0.3, 0.4) is 0 Å². The summed E-state index contributed by atoms with van der Waals surface area (Å²) < 4.78 is 68.0. The molecule has 0 radical (unpaired) electrons. The molecule has 0 amide bonds. The van der Waals surface area contributed by atoms with E-state index in [1.807, 2.05) is 12.1 Å². The fourth-order valence-corrected chi connectivity index (χ4v) is 12.3. The summed E-state index contributed by atoms with van der Waals surface area (Å²) >= 11 is 0. The molecule has 0 spiro atoms. The third-order valence-electron chi connectivity index (χ3n) is 15.6. The monoisotopic (exact) mass is 1210 g/mol. The van der Waals surface area contributed by atoms with Crippen LogP contribution in [0.5, 0.6) is 0 Å². The predicted octanol–water partition coefficient (Wildman–Crippen LogP) is 21.4. The average molecular weight is 1210 g/mol. The molecule has 0 bridgehead atoms. The summed E-state index contributed by atoms with van der Waals surface area (Å²) in [4.78, 5) is -0.0845. The number of hydrogen-bond acceptors (Lipinski definition) is 6. The van der Waals surface area contributed by atoms with Crippen LogP contribution in [0.1, 0.15) is 346 Å². The van der Waals surface area contributed by atoms with Gasteiger partial charge < -0.3 is 9.11 Å². The fraction of sp³-hybridized carbons (Fsp3) is 0.818. The van der Waals surface area contributed by atoms with Crippen molar-refractivity contribution >= 4 is 69.1 Å². The molecule has 0 aromatic heterocycles. The van der Waals surface area contributed by atoms with Crippen LogP contribution in [0, 0.1) is 0 Å². The smallest absolute Gasteiger partial charge is 0.744 e. The molecule has 0 heterocycles. The molecule has 0 N–H and O–H groups in total. The first kappa shape index (κ1) is 74.8. The second-order valence-corrected chi connectivity index (χ2v) is 25.3. The van der Waals surface area contributed by atoms with Gasteiger partial charge >= 0.3 is 48.9 Å². The van der Waals surface area contributed by atoms with Crippen molar-refractivity contribution in [1.82, 2.24) is 0 Å². The number of unbranched alkanes of at least 4 members (excludes halogenated alkanes) is 48. The molecule has 75 heavy (non-hydrogen) atoms. The Kier molecular flexibility index (Phi) is 55.6. The van der Waals surface area contributed by atoms with E-state index in [2.05, 4.69) is 13.8 Å². The van der Waals surface area contributed by atoms with Crippen LogP contribution in [-0.2, 0) is 33.1 Å². The van der Waals surface area contributed by atoms with Crippen molar-refractivity contribution in [2.45, 2.75) is 358 Å². The van der Waals surface area contributed by atoms with Crippen molar-refractivity contribution in [3.05, 3.63) is 59.7 Å². The molecule has 0 unspecified atom stereocenters. The summed E-state index contributed by atoms with van der Waals surface area (Å²) in [5.74, 6) is 0. The van der Waals surface area contributed by atoms with Crippen LogP contribution in [0.2, 0.25) is 0 Å². The van der Waals surface area contributed by atoms with Gasteiger partial charge in [-0.05, 0) is 48.9 Å². The predicted molar refractivity (Wildman–Crippen MR) is 324 cm³/mol. The van der Waals surface area contributed by atoms with E-state index in [9.17, 15) is 25.9 Å². The zero-order chi connectivity index (χ0) is 53.7. The normalized spacial score (nSPS) is 11.7. The quantitative estimate of drug-likeness (QED) is 0.0370. The molecule has 0 saturated heterocycles. The van der Waals surface area contributed by atoms with Gasteiger partial charge in [0.1, 0.15) is 20.2 Å². The largest absolute Gasteiger partial charge is 2.00 e. The van der Waals surface area contributed by atoms with Crippen LogP contribution < -0.4 is 0 Å². The minimum absolute atomic E-state index is 0. The SMILES string of the molecule is CCCCCCCCCCCCCCCCCCCCCCCCCCCc1ccccc1S(=O)(=O)[O-].CCCCCCCCCCCCCCCCCCCCCCCCCCCc1ccccc1S(=O)(=O)[O-].[Ba+2]. The van der Waals surface area contributed by atoms with E-state index in [-0.39, 0.29) is 58.7 Å². The maximum Gasteiger partial charge on any atom is 2.00 e. The van der Waals surface area contributed by atoms with Crippen molar-refractivity contribution in [3.8, 4) is 0 Å². The molecular formula is C66H118BaO6S2. The van der Waals surface area contributed by atoms with Crippen molar-refractivity contribution < 1.29 is 25.9 Å². The van der Waals surface area contributed by atoms with E-state index in [1.54, 1.807) is 24.3 Å². The van der Waals surface area contributed by atoms with Gasteiger partial charge in [0, 0.05) is 0 Å². The Morgan fingerprint density at radius 2 is 0.400 bits per heavy atom. The molecule has 0 aliphatic carbocycles. The first-order valence-electron chi connectivity index (χ1n) is 32.2. The van der Waals surface area contributed by atoms with E-state index in [1.165, 1.54) is 307 Å². The third-order valence-corrected chi connectivity index (χ3v) is 17.5. The zero-order valence-electron chi connectivity index (χ0n) is 49.4. The van der Waals surface area contributed by atoms with Gasteiger partial charge in [0.15, 0.2) is 0 Å². The second kappa shape index (κ2) is 55.7. The summed E-state index contributed by atoms with van der Waals surface area (Å²) in [7, 11) is -8.73. The van der Waals surface area contributed by atoms with Gasteiger partial charge in [0.05, 0.1) is 9.79 Å². The molecule has 2 aromatic rings. The van der Waals surface area contributed by atoms with Crippen molar-refractivity contribution in [1.29, 1.82) is 0 Å². The van der Waals surface area contributed by atoms with Crippen LogP contribution in [0.4, 0.5) is 0 Å². The zero-order valence-corrected chi connectivity index (χ0v) is 55.4. The second-order valence-electron chi connectivity index (χ2n) is 22.6. The molecule has 0 aliphatic heterocycles.